The van der Waals surface area contributed by atoms with Crippen LogP contribution in [0, 0.1) is 16.0 Å². The lowest BCUT2D eigenvalue weighted by atomic mass is 10.1. The Morgan fingerprint density at radius 3 is 2.76 bits per heavy atom. The first kappa shape index (κ1) is 15.4. The number of hydrogen-bond donors (Lipinski definition) is 1. The van der Waals surface area contributed by atoms with E-state index in [1.165, 1.54) is 6.33 Å². The monoisotopic (exact) mass is 295 g/mol. The van der Waals surface area contributed by atoms with E-state index < -0.39 is 4.92 Å². The van der Waals surface area contributed by atoms with Crippen molar-refractivity contribution in [3.8, 4) is 0 Å². The van der Waals surface area contributed by atoms with Gasteiger partial charge in [-0.05, 0) is 12.3 Å². The van der Waals surface area contributed by atoms with Gasteiger partial charge in [-0.3, -0.25) is 10.1 Å². The summed E-state index contributed by atoms with van der Waals surface area (Å²) in [6, 6.07) is 0. The van der Waals surface area contributed by atoms with Gasteiger partial charge in [0.05, 0.1) is 18.1 Å². The summed E-state index contributed by atoms with van der Waals surface area (Å²) in [5.74, 6) is 1.18. The molecule has 0 unspecified atom stereocenters. The van der Waals surface area contributed by atoms with Crippen LogP contribution >= 0.6 is 0 Å². The van der Waals surface area contributed by atoms with Crippen molar-refractivity contribution in [3.05, 3.63) is 16.4 Å². The fourth-order valence-corrected chi connectivity index (χ4v) is 2.15. The Labute approximate surface area is 123 Å². The molecule has 0 radical (unpaired) electrons. The average molecular weight is 295 g/mol. The van der Waals surface area contributed by atoms with Gasteiger partial charge in [-0.2, -0.15) is 0 Å². The zero-order valence-corrected chi connectivity index (χ0v) is 12.4. The van der Waals surface area contributed by atoms with Gasteiger partial charge < -0.3 is 15.0 Å². The fourth-order valence-electron chi connectivity index (χ4n) is 2.15. The first-order chi connectivity index (χ1) is 10.1. The van der Waals surface area contributed by atoms with E-state index in [9.17, 15) is 10.1 Å². The summed E-state index contributed by atoms with van der Waals surface area (Å²) in [5.41, 5.74) is -0.0526. The molecule has 8 nitrogen and oxygen atoms in total. The molecule has 1 saturated heterocycles. The van der Waals surface area contributed by atoms with Crippen LogP contribution in [0.15, 0.2) is 6.33 Å². The Morgan fingerprint density at radius 1 is 1.43 bits per heavy atom. The largest absolute Gasteiger partial charge is 0.378 e. The van der Waals surface area contributed by atoms with Crippen molar-refractivity contribution in [3.63, 3.8) is 0 Å². The number of nitrogens with zero attached hydrogens (tertiary/aromatic N) is 4. The van der Waals surface area contributed by atoms with Gasteiger partial charge in [-0.25, -0.2) is 9.97 Å². The van der Waals surface area contributed by atoms with Crippen LogP contribution in [0.4, 0.5) is 17.3 Å². The summed E-state index contributed by atoms with van der Waals surface area (Å²) in [6.45, 7) is 7.17. The molecule has 0 saturated carbocycles. The van der Waals surface area contributed by atoms with Gasteiger partial charge in [0.15, 0.2) is 0 Å². The van der Waals surface area contributed by atoms with Crippen LogP contribution < -0.4 is 10.2 Å². The molecule has 1 aromatic heterocycles. The van der Waals surface area contributed by atoms with Crippen molar-refractivity contribution in [2.75, 3.05) is 43.1 Å². The molecule has 2 rings (SSSR count). The third-order valence-corrected chi connectivity index (χ3v) is 3.31. The second kappa shape index (κ2) is 7.16. The zero-order valence-electron chi connectivity index (χ0n) is 12.4. The molecule has 1 aromatic rings. The molecule has 21 heavy (non-hydrogen) atoms. The quantitative estimate of drug-likeness (QED) is 0.630. The Kier molecular flexibility index (Phi) is 5.26. The van der Waals surface area contributed by atoms with Crippen LogP contribution in [-0.4, -0.2) is 47.7 Å². The van der Waals surface area contributed by atoms with Gasteiger partial charge in [-0.15, -0.1) is 0 Å². The molecule has 1 aliphatic heterocycles. The van der Waals surface area contributed by atoms with Gasteiger partial charge in [0.1, 0.15) is 6.33 Å². The maximum Gasteiger partial charge on any atom is 0.353 e. The lowest BCUT2D eigenvalue weighted by Crippen LogP contribution is -2.37. The van der Waals surface area contributed by atoms with Crippen molar-refractivity contribution in [2.24, 2.45) is 5.92 Å². The predicted molar refractivity (Wildman–Crippen MR) is 79.7 cm³/mol. The summed E-state index contributed by atoms with van der Waals surface area (Å²) >= 11 is 0. The molecule has 8 heteroatoms. The number of hydrogen-bond acceptors (Lipinski definition) is 7. The molecule has 1 aliphatic rings. The molecule has 116 valence electrons. The first-order valence-electron chi connectivity index (χ1n) is 7.15. The minimum Gasteiger partial charge on any atom is -0.378 e. The molecule has 0 spiro atoms. The maximum absolute atomic E-state index is 11.4. The fraction of sp³-hybridized carbons (Fsp3) is 0.692. The minimum absolute atomic E-state index is 0.0526. The highest BCUT2D eigenvalue weighted by atomic mass is 16.6. The van der Waals surface area contributed by atoms with Crippen LogP contribution in [0.5, 0.6) is 0 Å². The minimum atomic E-state index is -0.414. The third kappa shape index (κ3) is 4.01. The summed E-state index contributed by atoms with van der Waals surface area (Å²) in [6.07, 6.45) is 2.30. The van der Waals surface area contributed by atoms with E-state index >= 15 is 0 Å². The molecule has 1 fully saturated rings. The third-order valence-electron chi connectivity index (χ3n) is 3.31. The standard InChI is InChI=1S/C13H21N5O3/c1-10(2)3-4-14-12-11(18(19)20)13(16-9-15-12)17-5-7-21-8-6-17/h9-10H,3-8H2,1-2H3,(H,14,15,16). The van der Waals surface area contributed by atoms with Crippen LogP contribution in [-0.2, 0) is 4.74 Å². The highest BCUT2D eigenvalue weighted by Gasteiger charge is 2.27. The van der Waals surface area contributed by atoms with Crippen molar-refractivity contribution in [1.82, 2.24) is 9.97 Å². The Bertz CT molecular complexity index is 489. The van der Waals surface area contributed by atoms with Crippen LogP contribution in [0.3, 0.4) is 0 Å². The normalized spacial score (nSPS) is 15.3. The lowest BCUT2D eigenvalue weighted by molar-refractivity contribution is -0.383. The smallest absolute Gasteiger partial charge is 0.353 e. The number of rotatable bonds is 6. The van der Waals surface area contributed by atoms with E-state index in [2.05, 4.69) is 29.1 Å². The number of aromatic nitrogens is 2. The van der Waals surface area contributed by atoms with Crippen LogP contribution in [0.25, 0.3) is 0 Å². The van der Waals surface area contributed by atoms with Crippen molar-refractivity contribution < 1.29 is 9.66 Å². The average Bonchev–Trinajstić information content (AvgIpc) is 2.47. The molecule has 0 atom stereocenters. The molecule has 2 heterocycles. The Morgan fingerprint density at radius 2 is 2.14 bits per heavy atom. The molecule has 0 amide bonds. The van der Waals surface area contributed by atoms with E-state index in [4.69, 9.17) is 4.74 Å². The SMILES string of the molecule is CC(C)CCNc1ncnc(N2CCOCC2)c1[N+](=O)[O-]. The summed E-state index contributed by atoms with van der Waals surface area (Å²) in [7, 11) is 0. The highest BCUT2D eigenvalue weighted by Crippen LogP contribution is 2.32. The summed E-state index contributed by atoms with van der Waals surface area (Å²) < 4.78 is 5.27. The number of nitro groups is 1. The van der Waals surface area contributed by atoms with Crippen molar-refractivity contribution in [1.29, 1.82) is 0 Å². The zero-order chi connectivity index (χ0) is 15.2. The molecular weight excluding hydrogens is 274 g/mol. The molecule has 1 N–H and O–H groups in total. The van der Waals surface area contributed by atoms with Gasteiger partial charge in [0.25, 0.3) is 0 Å². The lowest BCUT2D eigenvalue weighted by Gasteiger charge is -2.27. The molecular formula is C13H21N5O3. The first-order valence-corrected chi connectivity index (χ1v) is 7.15. The van der Waals surface area contributed by atoms with Crippen molar-refractivity contribution in [2.45, 2.75) is 20.3 Å². The summed E-state index contributed by atoms with van der Waals surface area (Å²) in [4.78, 5) is 21.0. The second-order valence-corrected chi connectivity index (χ2v) is 5.36. The number of nitrogens with one attached hydrogen (secondary N) is 1. The topological polar surface area (TPSA) is 93.4 Å². The van der Waals surface area contributed by atoms with Gasteiger partial charge in [0, 0.05) is 19.6 Å². The van der Waals surface area contributed by atoms with Crippen LogP contribution in [0.2, 0.25) is 0 Å². The Balaban J connectivity index is 2.21. The van der Waals surface area contributed by atoms with Crippen LogP contribution in [0.1, 0.15) is 20.3 Å². The van der Waals surface area contributed by atoms with E-state index in [1.54, 1.807) is 0 Å². The number of morpholine rings is 1. The predicted octanol–water partition coefficient (Wildman–Crippen LogP) is 1.68. The van der Waals surface area contributed by atoms with E-state index in [0.717, 1.165) is 6.42 Å². The highest BCUT2D eigenvalue weighted by molar-refractivity contribution is 5.70. The Hall–Kier alpha value is -1.96. The molecule has 0 aliphatic carbocycles. The van der Waals surface area contributed by atoms with E-state index in [1.807, 2.05) is 4.90 Å². The maximum atomic E-state index is 11.4. The van der Waals surface area contributed by atoms with E-state index in [-0.39, 0.29) is 11.5 Å². The molecule has 0 bridgehead atoms. The molecule has 0 aromatic carbocycles. The number of anilines is 2. The van der Waals surface area contributed by atoms with Gasteiger partial charge in [0.2, 0.25) is 11.6 Å². The number of ether oxygens (including phenoxy) is 1. The van der Waals surface area contributed by atoms with E-state index in [0.29, 0.717) is 44.6 Å². The van der Waals surface area contributed by atoms with Gasteiger partial charge >= 0.3 is 5.69 Å². The summed E-state index contributed by atoms with van der Waals surface area (Å²) in [5, 5.41) is 14.5. The van der Waals surface area contributed by atoms with Crippen molar-refractivity contribution >= 4 is 17.3 Å². The van der Waals surface area contributed by atoms with Gasteiger partial charge in [-0.1, -0.05) is 13.8 Å². The second-order valence-electron chi connectivity index (χ2n) is 5.36.